The van der Waals surface area contributed by atoms with Gasteiger partial charge in [0.2, 0.25) is 0 Å². The largest absolute Gasteiger partial charge is 0.497 e. The maximum absolute atomic E-state index is 5.39. The lowest BCUT2D eigenvalue weighted by molar-refractivity contribution is 0.414. The van der Waals surface area contributed by atoms with Gasteiger partial charge in [-0.15, -0.1) is 11.8 Å². The van der Waals surface area contributed by atoms with Crippen molar-refractivity contribution in [3.8, 4) is 28.5 Å². The normalized spacial score (nSPS) is 11.0. The summed E-state index contributed by atoms with van der Waals surface area (Å²) in [7, 11) is 5.04. The summed E-state index contributed by atoms with van der Waals surface area (Å²) in [5.41, 5.74) is 5.21. The molecule has 0 radical (unpaired) electrons. The van der Waals surface area contributed by atoms with Crippen molar-refractivity contribution in [3.05, 3.63) is 90.0 Å². The Morgan fingerprint density at radius 2 is 1.30 bits per heavy atom. The highest BCUT2D eigenvalue weighted by Gasteiger charge is 2.14. The molecule has 0 saturated heterocycles. The molecule has 3 aromatic carbocycles. The molecule has 0 amide bonds. The number of ether oxygens (including phenoxy) is 3. The number of nitrogens with one attached hydrogen (secondary N) is 1. The number of methoxy groups -OCH3 is 3. The molecule has 2 heterocycles. The minimum Gasteiger partial charge on any atom is -0.497 e. The van der Waals surface area contributed by atoms with Gasteiger partial charge in [0.05, 0.1) is 26.7 Å². The van der Waals surface area contributed by atoms with Crippen LogP contribution in [-0.2, 0) is 11.5 Å². The van der Waals surface area contributed by atoms with Crippen LogP contribution in [0.4, 0.5) is 0 Å². The molecule has 37 heavy (non-hydrogen) atoms. The van der Waals surface area contributed by atoms with Crippen LogP contribution in [-0.4, -0.2) is 36.3 Å². The van der Waals surface area contributed by atoms with Crippen molar-refractivity contribution in [2.24, 2.45) is 0 Å². The lowest BCUT2D eigenvalue weighted by Gasteiger charge is -2.08. The van der Waals surface area contributed by atoms with Crippen molar-refractivity contribution in [1.29, 1.82) is 0 Å². The summed E-state index contributed by atoms with van der Waals surface area (Å²) in [5, 5.41) is 2.67. The second-order valence-corrected chi connectivity index (χ2v) is 10.2. The smallest absolute Gasteiger partial charge is 0.190 e. The molecule has 0 aliphatic rings. The van der Waals surface area contributed by atoms with Gasteiger partial charge in [-0.3, -0.25) is 0 Å². The molecule has 8 heteroatoms. The minimum atomic E-state index is 0.728. The summed E-state index contributed by atoms with van der Waals surface area (Å²) in [6.45, 7) is 0. The molecule has 0 atom stereocenters. The SMILES string of the molecule is COc1ccc(-c2cc3c(SCc4cccc(OC)c4)nc(SCc4cccc(OC)c4)nc3[nH]2)cc1. The van der Waals surface area contributed by atoms with Gasteiger partial charge in [-0.25, -0.2) is 9.97 Å². The molecule has 0 aliphatic carbocycles. The number of aromatic amines is 1. The van der Waals surface area contributed by atoms with Gasteiger partial charge in [-0.2, -0.15) is 0 Å². The highest BCUT2D eigenvalue weighted by molar-refractivity contribution is 7.99. The topological polar surface area (TPSA) is 69.3 Å². The second-order valence-electron chi connectivity index (χ2n) is 8.27. The van der Waals surface area contributed by atoms with Gasteiger partial charge in [0.1, 0.15) is 27.9 Å². The Hall–Kier alpha value is -3.62. The zero-order valence-electron chi connectivity index (χ0n) is 20.9. The minimum absolute atomic E-state index is 0.728. The Morgan fingerprint density at radius 1 is 0.676 bits per heavy atom. The maximum atomic E-state index is 5.39. The first-order valence-electron chi connectivity index (χ1n) is 11.7. The number of hydrogen-bond acceptors (Lipinski definition) is 7. The zero-order valence-corrected chi connectivity index (χ0v) is 22.5. The third kappa shape index (κ3) is 6.03. The van der Waals surface area contributed by atoms with E-state index in [2.05, 4.69) is 29.2 Å². The molecule has 1 N–H and O–H groups in total. The lowest BCUT2D eigenvalue weighted by atomic mass is 10.1. The molecule has 0 unspecified atom stereocenters. The average Bonchev–Trinajstić information content (AvgIpc) is 3.39. The van der Waals surface area contributed by atoms with Crippen molar-refractivity contribution < 1.29 is 14.2 Å². The van der Waals surface area contributed by atoms with Crippen molar-refractivity contribution in [1.82, 2.24) is 15.0 Å². The van der Waals surface area contributed by atoms with Gasteiger partial charge in [-0.1, -0.05) is 36.0 Å². The van der Waals surface area contributed by atoms with Gasteiger partial charge in [-0.05, 0) is 71.3 Å². The van der Waals surface area contributed by atoms with Gasteiger partial charge in [0.25, 0.3) is 0 Å². The lowest BCUT2D eigenvalue weighted by Crippen LogP contribution is -1.93. The van der Waals surface area contributed by atoms with Crippen LogP contribution in [0.15, 0.2) is 89.0 Å². The maximum Gasteiger partial charge on any atom is 0.190 e. The van der Waals surface area contributed by atoms with E-state index in [0.29, 0.717) is 0 Å². The zero-order chi connectivity index (χ0) is 25.6. The Bertz CT molecular complexity index is 1500. The Labute approximate surface area is 224 Å². The summed E-state index contributed by atoms with van der Waals surface area (Å²) in [4.78, 5) is 13.3. The number of rotatable bonds is 10. The third-order valence-corrected chi connectivity index (χ3v) is 7.83. The quantitative estimate of drug-likeness (QED) is 0.116. The molecule has 6 nitrogen and oxygen atoms in total. The second kappa shape index (κ2) is 11.6. The molecule has 0 spiro atoms. The van der Waals surface area contributed by atoms with Crippen LogP contribution in [0.1, 0.15) is 11.1 Å². The number of nitrogens with zero attached hydrogens (tertiary/aromatic N) is 2. The Morgan fingerprint density at radius 3 is 1.92 bits per heavy atom. The van der Waals surface area contributed by atoms with Crippen LogP contribution in [0.5, 0.6) is 17.2 Å². The predicted molar refractivity (Wildman–Crippen MR) is 151 cm³/mol. The van der Waals surface area contributed by atoms with E-state index in [1.807, 2.05) is 54.6 Å². The van der Waals surface area contributed by atoms with Crippen LogP contribution < -0.4 is 14.2 Å². The molecule has 0 bridgehead atoms. The van der Waals surface area contributed by atoms with Crippen molar-refractivity contribution in [3.63, 3.8) is 0 Å². The molecule has 0 fully saturated rings. The van der Waals surface area contributed by atoms with E-state index >= 15 is 0 Å². The molecule has 2 aromatic heterocycles. The number of thioether (sulfide) groups is 2. The molecule has 5 rings (SSSR count). The molecule has 0 aliphatic heterocycles. The van der Waals surface area contributed by atoms with Gasteiger partial charge in [0, 0.05) is 17.2 Å². The summed E-state index contributed by atoms with van der Waals surface area (Å²) >= 11 is 3.31. The van der Waals surface area contributed by atoms with E-state index < -0.39 is 0 Å². The molecule has 188 valence electrons. The first kappa shape index (κ1) is 25.0. The Balaban J connectivity index is 1.46. The number of benzene rings is 3. The number of aromatic nitrogens is 3. The van der Waals surface area contributed by atoms with E-state index in [9.17, 15) is 0 Å². The van der Waals surface area contributed by atoms with E-state index in [-0.39, 0.29) is 0 Å². The van der Waals surface area contributed by atoms with Crippen molar-refractivity contribution in [2.75, 3.05) is 21.3 Å². The van der Waals surface area contributed by atoms with E-state index in [1.165, 1.54) is 5.56 Å². The fraction of sp³-hybridized carbons (Fsp3) is 0.172. The van der Waals surface area contributed by atoms with Gasteiger partial charge < -0.3 is 19.2 Å². The average molecular weight is 530 g/mol. The monoisotopic (exact) mass is 529 g/mol. The summed E-state index contributed by atoms with van der Waals surface area (Å²) in [6, 6.07) is 26.3. The number of H-pyrrole nitrogens is 1. The number of hydrogen-bond donors (Lipinski definition) is 1. The molecule has 5 aromatic rings. The first-order chi connectivity index (χ1) is 18.1. The molecule has 0 saturated carbocycles. The molecular weight excluding hydrogens is 502 g/mol. The first-order valence-corrected chi connectivity index (χ1v) is 13.7. The standard InChI is InChI=1S/C29H27N3O3S2/c1-33-22-12-10-21(11-13-22)26-16-25-27(30-26)31-29(37-18-20-7-5-9-24(15-20)35-3)32-28(25)36-17-19-6-4-8-23(14-19)34-2/h4-16H,17-18H2,1-3H3,(H,30,31,32). The Kier molecular flexibility index (Phi) is 7.87. The highest BCUT2D eigenvalue weighted by Crippen LogP contribution is 2.34. The summed E-state index contributed by atoms with van der Waals surface area (Å²) in [6.07, 6.45) is 0. The third-order valence-electron chi connectivity index (χ3n) is 5.84. The van der Waals surface area contributed by atoms with E-state index in [1.54, 1.807) is 44.9 Å². The fourth-order valence-electron chi connectivity index (χ4n) is 3.89. The molecular formula is C29H27N3O3S2. The predicted octanol–water partition coefficient (Wildman–Crippen LogP) is 7.24. The van der Waals surface area contributed by atoms with E-state index in [4.69, 9.17) is 24.2 Å². The van der Waals surface area contributed by atoms with Crippen molar-refractivity contribution >= 4 is 34.6 Å². The van der Waals surface area contributed by atoms with Crippen LogP contribution >= 0.6 is 23.5 Å². The van der Waals surface area contributed by atoms with Crippen LogP contribution in [0.25, 0.3) is 22.3 Å². The van der Waals surface area contributed by atoms with Crippen LogP contribution in [0.2, 0.25) is 0 Å². The van der Waals surface area contributed by atoms with E-state index in [0.717, 1.165) is 66.8 Å². The van der Waals surface area contributed by atoms with Crippen molar-refractivity contribution in [2.45, 2.75) is 21.7 Å². The van der Waals surface area contributed by atoms with Gasteiger partial charge >= 0.3 is 0 Å². The van der Waals surface area contributed by atoms with Crippen LogP contribution in [0.3, 0.4) is 0 Å². The van der Waals surface area contributed by atoms with Crippen LogP contribution in [0, 0.1) is 0 Å². The number of fused-ring (bicyclic) bond motifs is 1. The fourth-order valence-corrected chi connectivity index (χ4v) is 5.68. The highest BCUT2D eigenvalue weighted by atomic mass is 32.2. The summed E-state index contributed by atoms with van der Waals surface area (Å²) < 4.78 is 16.1. The van der Waals surface area contributed by atoms with Gasteiger partial charge in [0.15, 0.2) is 5.16 Å². The summed E-state index contributed by atoms with van der Waals surface area (Å²) in [5.74, 6) is 4.04.